The van der Waals surface area contributed by atoms with Crippen LogP contribution in [0.4, 0.5) is 0 Å². The Kier molecular flexibility index (Phi) is 3.08. The van der Waals surface area contributed by atoms with E-state index in [0.717, 1.165) is 23.6 Å². The van der Waals surface area contributed by atoms with E-state index in [2.05, 4.69) is 53.9 Å². The number of nitrogens with zero attached hydrogens (tertiary/aromatic N) is 2. The number of aliphatic imine (C=N–C) groups is 1. The first-order chi connectivity index (χ1) is 9.55. The third-order valence-electron chi connectivity index (χ3n) is 3.57. The summed E-state index contributed by atoms with van der Waals surface area (Å²) in [5.41, 5.74) is 4.47. The molecule has 0 unspecified atom stereocenters. The summed E-state index contributed by atoms with van der Waals surface area (Å²) in [4.78, 5) is 11.9. The molecule has 0 amide bonds. The van der Waals surface area contributed by atoms with Crippen molar-refractivity contribution < 1.29 is 4.74 Å². The quantitative estimate of drug-likeness (QED) is 0.931. The van der Waals surface area contributed by atoms with Crippen LogP contribution in [0.3, 0.4) is 0 Å². The molecule has 0 saturated carbocycles. The lowest BCUT2D eigenvalue weighted by molar-refractivity contribution is 0.279. The van der Waals surface area contributed by atoms with Gasteiger partial charge in [-0.25, -0.2) is 9.98 Å². The SMILES string of the molecule is Cc1c(Cc2c[nH]cn2)cccc1C1=NC(C)(C)CO1. The van der Waals surface area contributed by atoms with Crippen molar-refractivity contribution in [3.05, 3.63) is 53.1 Å². The first-order valence-electron chi connectivity index (χ1n) is 6.84. The van der Waals surface area contributed by atoms with E-state index in [0.29, 0.717) is 6.61 Å². The molecule has 2 aromatic rings. The zero-order valence-corrected chi connectivity index (χ0v) is 12.1. The van der Waals surface area contributed by atoms with E-state index in [1.807, 2.05) is 6.20 Å². The zero-order chi connectivity index (χ0) is 14.2. The Morgan fingerprint density at radius 2 is 2.20 bits per heavy atom. The maximum atomic E-state index is 5.75. The highest BCUT2D eigenvalue weighted by Crippen LogP contribution is 2.24. The van der Waals surface area contributed by atoms with Crippen LogP contribution < -0.4 is 0 Å². The van der Waals surface area contributed by atoms with Crippen molar-refractivity contribution in [2.75, 3.05) is 6.61 Å². The standard InChI is InChI=1S/C16H19N3O/c1-11-12(7-13-8-17-10-18-13)5-4-6-14(11)15-19-16(2,3)9-20-15/h4-6,8,10H,7,9H2,1-3H3,(H,17,18). The minimum atomic E-state index is -0.125. The van der Waals surface area contributed by atoms with Crippen LogP contribution in [-0.2, 0) is 11.2 Å². The van der Waals surface area contributed by atoms with Gasteiger partial charge in [-0.15, -0.1) is 0 Å². The molecule has 1 aromatic carbocycles. The van der Waals surface area contributed by atoms with Crippen molar-refractivity contribution in [1.82, 2.24) is 9.97 Å². The molecule has 104 valence electrons. The summed E-state index contributed by atoms with van der Waals surface area (Å²) in [6.45, 7) is 6.94. The summed E-state index contributed by atoms with van der Waals surface area (Å²) in [6.07, 6.45) is 4.46. The summed E-state index contributed by atoms with van der Waals surface area (Å²) in [5, 5.41) is 0. The minimum Gasteiger partial charge on any atom is -0.475 e. The fourth-order valence-corrected chi connectivity index (χ4v) is 2.41. The van der Waals surface area contributed by atoms with Crippen LogP contribution in [0.5, 0.6) is 0 Å². The number of H-pyrrole nitrogens is 1. The van der Waals surface area contributed by atoms with Crippen LogP contribution >= 0.6 is 0 Å². The van der Waals surface area contributed by atoms with Crippen LogP contribution in [0.2, 0.25) is 0 Å². The lowest BCUT2D eigenvalue weighted by atomic mass is 9.99. The molecule has 1 aliphatic heterocycles. The van der Waals surface area contributed by atoms with Gasteiger partial charge in [-0.05, 0) is 38.0 Å². The van der Waals surface area contributed by atoms with Gasteiger partial charge in [0, 0.05) is 18.2 Å². The Hall–Kier alpha value is -2.10. The number of hydrogen-bond donors (Lipinski definition) is 1. The molecule has 1 N–H and O–H groups in total. The van der Waals surface area contributed by atoms with Gasteiger partial charge in [0.2, 0.25) is 5.90 Å². The highest BCUT2D eigenvalue weighted by molar-refractivity contribution is 5.97. The van der Waals surface area contributed by atoms with Gasteiger partial charge in [0.1, 0.15) is 6.61 Å². The second-order valence-corrected chi connectivity index (χ2v) is 5.85. The first kappa shape index (κ1) is 12.9. The number of hydrogen-bond acceptors (Lipinski definition) is 3. The van der Waals surface area contributed by atoms with Gasteiger partial charge in [0.05, 0.1) is 17.6 Å². The van der Waals surface area contributed by atoms with Crippen LogP contribution in [0.1, 0.15) is 36.2 Å². The third-order valence-corrected chi connectivity index (χ3v) is 3.57. The molecule has 20 heavy (non-hydrogen) atoms. The van der Waals surface area contributed by atoms with Crippen molar-refractivity contribution in [2.45, 2.75) is 32.7 Å². The largest absolute Gasteiger partial charge is 0.475 e. The highest BCUT2D eigenvalue weighted by atomic mass is 16.5. The molecule has 3 rings (SSSR count). The fraction of sp³-hybridized carbons (Fsp3) is 0.375. The smallest absolute Gasteiger partial charge is 0.217 e. The average Bonchev–Trinajstić information content (AvgIpc) is 3.01. The van der Waals surface area contributed by atoms with E-state index in [9.17, 15) is 0 Å². The normalized spacial score (nSPS) is 16.9. The third kappa shape index (κ3) is 2.46. The van der Waals surface area contributed by atoms with Crippen molar-refractivity contribution in [3.63, 3.8) is 0 Å². The number of rotatable bonds is 3. The average molecular weight is 269 g/mol. The molecule has 0 radical (unpaired) electrons. The molecular formula is C16H19N3O. The van der Waals surface area contributed by atoms with Crippen LogP contribution in [0.15, 0.2) is 35.7 Å². The van der Waals surface area contributed by atoms with Gasteiger partial charge >= 0.3 is 0 Å². The monoisotopic (exact) mass is 269 g/mol. The number of imidazole rings is 1. The van der Waals surface area contributed by atoms with Crippen molar-refractivity contribution >= 4 is 5.90 Å². The van der Waals surface area contributed by atoms with E-state index >= 15 is 0 Å². The lowest BCUT2D eigenvalue weighted by Crippen LogP contribution is -2.17. The Labute approximate surface area is 118 Å². The molecule has 0 aliphatic carbocycles. The molecule has 0 atom stereocenters. The predicted octanol–water partition coefficient (Wildman–Crippen LogP) is 2.86. The fourth-order valence-electron chi connectivity index (χ4n) is 2.41. The summed E-state index contributed by atoms with van der Waals surface area (Å²) in [6, 6.07) is 6.26. The second-order valence-electron chi connectivity index (χ2n) is 5.85. The molecule has 4 nitrogen and oxygen atoms in total. The summed E-state index contributed by atoms with van der Waals surface area (Å²) in [7, 11) is 0. The Morgan fingerprint density at radius 3 is 2.85 bits per heavy atom. The molecule has 1 aliphatic rings. The summed E-state index contributed by atoms with van der Waals surface area (Å²) in [5.74, 6) is 0.761. The number of aromatic amines is 1. The topological polar surface area (TPSA) is 50.3 Å². The summed E-state index contributed by atoms with van der Waals surface area (Å²) < 4.78 is 5.75. The van der Waals surface area contributed by atoms with Gasteiger partial charge in [-0.1, -0.05) is 12.1 Å². The van der Waals surface area contributed by atoms with Crippen molar-refractivity contribution in [2.24, 2.45) is 4.99 Å². The highest BCUT2D eigenvalue weighted by Gasteiger charge is 2.27. The van der Waals surface area contributed by atoms with Crippen molar-refractivity contribution in [1.29, 1.82) is 0 Å². The minimum absolute atomic E-state index is 0.125. The van der Waals surface area contributed by atoms with Gasteiger partial charge in [-0.2, -0.15) is 0 Å². The van der Waals surface area contributed by atoms with E-state index in [1.54, 1.807) is 6.33 Å². The maximum absolute atomic E-state index is 5.75. The van der Waals surface area contributed by atoms with E-state index < -0.39 is 0 Å². The van der Waals surface area contributed by atoms with E-state index in [4.69, 9.17) is 4.74 Å². The summed E-state index contributed by atoms with van der Waals surface area (Å²) >= 11 is 0. The van der Waals surface area contributed by atoms with Gasteiger partial charge in [0.25, 0.3) is 0 Å². The molecule has 0 bridgehead atoms. The zero-order valence-electron chi connectivity index (χ0n) is 12.1. The predicted molar refractivity (Wildman–Crippen MR) is 79.1 cm³/mol. The van der Waals surface area contributed by atoms with Gasteiger partial charge < -0.3 is 9.72 Å². The maximum Gasteiger partial charge on any atom is 0.217 e. The lowest BCUT2D eigenvalue weighted by Gasteiger charge is -2.10. The molecule has 4 heteroatoms. The molecule has 0 spiro atoms. The Balaban J connectivity index is 1.94. The van der Waals surface area contributed by atoms with Crippen LogP contribution in [-0.4, -0.2) is 28.0 Å². The number of nitrogens with one attached hydrogen (secondary N) is 1. The molecule has 0 saturated heterocycles. The van der Waals surface area contributed by atoms with Crippen LogP contribution in [0, 0.1) is 6.92 Å². The molecule has 2 heterocycles. The second kappa shape index (κ2) is 4.78. The van der Waals surface area contributed by atoms with Crippen LogP contribution in [0.25, 0.3) is 0 Å². The van der Waals surface area contributed by atoms with Crippen molar-refractivity contribution in [3.8, 4) is 0 Å². The van der Waals surface area contributed by atoms with Gasteiger partial charge in [-0.3, -0.25) is 0 Å². The van der Waals surface area contributed by atoms with Gasteiger partial charge in [0.15, 0.2) is 0 Å². The Bertz CT molecular complexity index is 642. The molecule has 0 fully saturated rings. The van der Waals surface area contributed by atoms with E-state index in [-0.39, 0.29) is 5.54 Å². The Morgan fingerprint density at radius 1 is 1.35 bits per heavy atom. The number of aromatic nitrogens is 2. The number of benzene rings is 1. The molecule has 1 aromatic heterocycles. The van der Waals surface area contributed by atoms with E-state index in [1.165, 1.54) is 11.1 Å². The first-order valence-corrected chi connectivity index (χ1v) is 6.84. The number of ether oxygens (including phenoxy) is 1. The molecular weight excluding hydrogens is 250 g/mol.